The average Bonchev–Trinajstić information content (AvgIpc) is 3.02. The molecule has 1 aliphatic rings. The van der Waals surface area contributed by atoms with Crippen molar-refractivity contribution in [1.29, 1.82) is 0 Å². The maximum Gasteiger partial charge on any atom is 0.325 e. The Kier molecular flexibility index (Phi) is 6.02. The lowest BCUT2D eigenvalue weighted by atomic mass is 10.0. The van der Waals surface area contributed by atoms with Gasteiger partial charge in [0.1, 0.15) is 6.54 Å². The number of para-hydroxylation sites is 1. The van der Waals surface area contributed by atoms with Crippen LogP contribution in [0.15, 0.2) is 48.5 Å². The molecular formula is C23H29N3O2. The van der Waals surface area contributed by atoms with Crippen molar-refractivity contribution in [1.82, 2.24) is 4.90 Å². The van der Waals surface area contributed by atoms with Gasteiger partial charge < -0.3 is 10.2 Å². The Morgan fingerprint density at radius 1 is 0.964 bits per heavy atom. The third kappa shape index (κ3) is 4.35. The molecule has 0 aromatic heterocycles. The van der Waals surface area contributed by atoms with Crippen LogP contribution in [-0.2, 0) is 4.79 Å². The number of anilines is 2. The van der Waals surface area contributed by atoms with E-state index in [0.29, 0.717) is 24.9 Å². The summed E-state index contributed by atoms with van der Waals surface area (Å²) in [5.41, 5.74) is 4.03. The summed E-state index contributed by atoms with van der Waals surface area (Å²) in [6.45, 7) is 9.68. The van der Waals surface area contributed by atoms with Crippen LogP contribution in [0.1, 0.15) is 50.7 Å². The Morgan fingerprint density at radius 2 is 1.64 bits per heavy atom. The highest BCUT2D eigenvalue weighted by Gasteiger charge is 2.31. The average molecular weight is 380 g/mol. The molecule has 148 valence electrons. The van der Waals surface area contributed by atoms with E-state index in [1.807, 2.05) is 36.4 Å². The number of hydrogen-bond donors (Lipinski definition) is 1. The second-order valence-electron chi connectivity index (χ2n) is 7.89. The Balaban J connectivity index is 1.63. The molecule has 1 heterocycles. The molecule has 0 aliphatic carbocycles. The minimum Gasteiger partial charge on any atom is -0.324 e. The van der Waals surface area contributed by atoms with E-state index in [0.717, 1.165) is 16.9 Å². The lowest BCUT2D eigenvalue weighted by Gasteiger charge is -2.20. The highest BCUT2D eigenvalue weighted by atomic mass is 16.2. The first-order valence-corrected chi connectivity index (χ1v) is 9.92. The molecule has 0 bridgehead atoms. The third-order valence-corrected chi connectivity index (χ3v) is 5.16. The smallest absolute Gasteiger partial charge is 0.324 e. The quantitative estimate of drug-likeness (QED) is 0.783. The maximum absolute atomic E-state index is 12.8. The second-order valence-corrected chi connectivity index (χ2v) is 7.89. The van der Waals surface area contributed by atoms with Gasteiger partial charge in [-0.2, -0.15) is 0 Å². The molecule has 5 heteroatoms. The van der Waals surface area contributed by atoms with Gasteiger partial charge >= 0.3 is 6.03 Å². The molecule has 0 atom stereocenters. The molecule has 5 nitrogen and oxygen atoms in total. The molecule has 28 heavy (non-hydrogen) atoms. The third-order valence-electron chi connectivity index (χ3n) is 5.16. The van der Waals surface area contributed by atoms with Crippen molar-refractivity contribution in [3.63, 3.8) is 0 Å². The summed E-state index contributed by atoms with van der Waals surface area (Å²) in [5, 5.41) is 2.96. The Hall–Kier alpha value is -2.82. The summed E-state index contributed by atoms with van der Waals surface area (Å²) in [6.07, 6.45) is 0. The van der Waals surface area contributed by atoms with Crippen LogP contribution in [0.3, 0.4) is 0 Å². The zero-order valence-electron chi connectivity index (χ0n) is 17.1. The first-order chi connectivity index (χ1) is 13.4. The zero-order chi connectivity index (χ0) is 20.3. The molecule has 1 fully saturated rings. The number of nitrogens with one attached hydrogen (secondary N) is 1. The summed E-state index contributed by atoms with van der Waals surface area (Å²) in [6, 6.07) is 15.8. The fraction of sp³-hybridized carbons (Fsp3) is 0.391. The predicted molar refractivity (Wildman–Crippen MR) is 114 cm³/mol. The molecule has 1 saturated heterocycles. The normalized spacial score (nSPS) is 14.3. The zero-order valence-corrected chi connectivity index (χ0v) is 17.1. The standard InChI is InChI=1S/C23H29N3O2/c1-16(2)18-9-11-19(12-10-18)26-14-13-25(23(26)28)15-22(27)24-21-8-6-5-7-20(21)17(3)4/h5-12,16-17H,13-15H2,1-4H3,(H,24,27). The molecule has 0 unspecified atom stereocenters. The van der Waals surface area contributed by atoms with E-state index < -0.39 is 0 Å². The van der Waals surface area contributed by atoms with Crippen molar-refractivity contribution in [2.75, 3.05) is 29.9 Å². The van der Waals surface area contributed by atoms with E-state index in [2.05, 4.69) is 45.1 Å². The topological polar surface area (TPSA) is 52.6 Å². The molecule has 3 amide bonds. The number of hydrogen-bond acceptors (Lipinski definition) is 2. The van der Waals surface area contributed by atoms with E-state index in [9.17, 15) is 9.59 Å². The number of carbonyl (C=O) groups excluding carboxylic acids is 2. The van der Waals surface area contributed by atoms with Gasteiger partial charge in [-0.3, -0.25) is 9.69 Å². The Morgan fingerprint density at radius 3 is 2.29 bits per heavy atom. The molecule has 2 aromatic rings. The first kappa shape index (κ1) is 19.9. The fourth-order valence-corrected chi connectivity index (χ4v) is 3.49. The molecular weight excluding hydrogens is 350 g/mol. The number of carbonyl (C=O) groups is 2. The monoisotopic (exact) mass is 379 g/mol. The largest absolute Gasteiger partial charge is 0.325 e. The molecule has 3 rings (SSSR count). The van der Waals surface area contributed by atoms with E-state index in [1.54, 1.807) is 9.80 Å². The van der Waals surface area contributed by atoms with Crippen molar-refractivity contribution >= 4 is 23.3 Å². The summed E-state index contributed by atoms with van der Waals surface area (Å²) in [7, 11) is 0. The first-order valence-electron chi connectivity index (χ1n) is 9.92. The van der Waals surface area contributed by atoms with E-state index >= 15 is 0 Å². The van der Waals surface area contributed by atoms with Gasteiger partial charge in [-0.15, -0.1) is 0 Å². The number of amides is 3. The van der Waals surface area contributed by atoms with Gasteiger partial charge in [0, 0.05) is 24.5 Å². The minimum absolute atomic E-state index is 0.0613. The van der Waals surface area contributed by atoms with Gasteiger partial charge in [0.2, 0.25) is 5.91 Å². The number of rotatable bonds is 6. The summed E-state index contributed by atoms with van der Waals surface area (Å²) < 4.78 is 0. The minimum atomic E-state index is -0.168. The SMILES string of the molecule is CC(C)c1ccc(N2CCN(CC(=O)Nc3ccccc3C(C)C)C2=O)cc1. The summed E-state index contributed by atoms with van der Waals surface area (Å²) in [4.78, 5) is 28.6. The van der Waals surface area contributed by atoms with Crippen LogP contribution in [0.25, 0.3) is 0 Å². The van der Waals surface area contributed by atoms with Crippen LogP contribution in [0.2, 0.25) is 0 Å². The van der Waals surface area contributed by atoms with Crippen molar-refractivity contribution in [3.05, 3.63) is 59.7 Å². The summed E-state index contributed by atoms with van der Waals surface area (Å²) >= 11 is 0. The lowest BCUT2D eigenvalue weighted by Crippen LogP contribution is -2.37. The predicted octanol–water partition coefficient (Wildman–Crippen LogP) is 4.81. The highest BCUT2D eigenvalue weighted by molar-refractivity contribution is 5.99. The number of nitrogens with zero attached hydrogens (tertiary/aromatic N) is 2. The number of benzene rings is 2. The van der Waals surface area contributed by atoms with Crippen LogP contribution in [0, 0.1) is 0 Å². The van der Waals surface area contributed by atoms with Gasteiger partial charge in [-0.1, -0.05) is 58.0 Å². The second kappa shape index (κ2) is 8.46. The number of urea groups is 1. The lowest BCUT2D eigenvalue weighted by molar-refractivity contribution is -0.116. The van der Waals surface area contributed by atoms with Crippen molar-refractivity contribution < 1.29 is 9.59 Å². The van der Waals surface area contributed by atoms with Gasteiger partial charge in [-0.25, -0.2) is 4.79 Å². The molecule has 1 N–H and O–H groups in total. The van der Waals surface area contributed by atoms with Gasteiger partial charge in [0.15, 0.2) is 0 Å². The fourth-order valence-electron chi connectivity index (χ4n) is 3.49. The van der Waals surface area contributed by atoms with E-state index in [1.165, 1.54) is 5.56 Å². The van der Waals surface area contributed by atoms with Crippen LogP contribution in [0.5, 0.6) is 0 Å². The van der Waals surface area contributed by atoms with Crippen LogP contribution in [0.4, 0.5) is 16.2 Å². The molecule has 0 saturated carbocycles. The maximum atomic E-state index is 12.8. The molecule has 0 radical (unpaired) electrons. The van der Waals surface area contributed by atoms with E-state index in [-0.39, 0.29) is 18.5 Å². The Bertz CT molecular complexity index is 843. The molecule has 0 spiro atoms. The van der Waals surface area contributed by atoms with Gasteiger partial charge in [-0.05, 0) is 41.2 Å². The van der Waals surface area contributed by atoms with Crippen LogP contribution in [-0.4, -0.2) is 36.5 Å². The van der Waals surface area contributed by atoms with Crippen molar-refractivity contribution in [2.45, 2.75) is 39.5 Å². The van der Waals surface area contributed by atoms with Crippen LogP contribution >= 0.6 is 0 Å². The molecule has 1 aliphatic heterocycles. The highest BCUT2D eigenvalue weighted by Crippen LogP contribution is 2.25. The molecule has 2 aromatic carbocycles. The van der Waals surface area contributed by atoms with Crippen LogP contribution < -0.4 is 10.2 Å². The van der Waals surface area contributed by atoms with E-state index in [4.69, 9.17) is 0 Å². The summed E-state index contributed by atoms with van der Waals surface area (Å²) in [5.74, 6) is 0.602. The van der Waals surface area contributed by atoms with Crippen molar-refractivity contribution in [2.24, 2.45) is 0 Å². The van der Waals surface area contributed by atoms with Gasteiger partial charge in [0.25, 0.3) is 0 Å². The van der Waals surface area contributed by atoms with Gasteiger partial charge in [0.05, 0.1) is 0 Å². The Labute approximate surface area is 167 Å². The van der Waals surface area contributed by atoms with Crippen molar-refractivity contribution in [3.8, 4) is 0 Å².